The van der Waals surface area contributed by atoms with E-state index in [1.165, 1.54) is 6.92 Å². The topological polar surface area (TPSA) is 127 Å². The Bertz CT molecular complexity index is 941. The monoisotopic (exact) mass is 540 g/mol. The summed E-state index contributed by atoms with van der Waals surface area (Å²) in [4.78, 5) is 12.4. The summed E-state index contributed by atoms with van der Waals surface area (Å²) in [6.07, 6.45) is 8.83. The first-order valence-corrected chi connectivity index (χ1v) is 16.3. The van der Waals surface area contributed by atoms with Crippen LogP contribution in [0.3, 0.4) is 0 Å². The third-order valence-electron chi connectivity index (χ3n) is 12.1. The fraction of sp³-hybridized carbons (Fsp3) is 0.966. The molecular weight excluding hydrogens is 490 g/mol. The van der Waals surface area contributed by atoms with Gasteiger partial charge in [-0.05, 0) is 111 Å². The lowest BCUT2D eigenvalue weighted by molar-refractivity contribution is -0.203. The molecule has 0 unspecified atom stereocenters. The summed E-state index contributed by atoms with van der Waals surface area (Å²) in [5.74, 6) is 2.63. The highest BCUT2D eigenvalue weighted by Crippen LogP contribution is 2.69. The van der Waals surface area contributed by atoms with E-state index in [0.29, 0.717) is 41.9 Å². The van der Waals surface area contributed by atoms with E-state index in [2.05, 4.69) is 33.0 Å². The van der Waals surface area contributed by atoms with Crippen LogP contribution < -0.4 is 5.32 Å². The zero-order chi connectivity index (χ0) is 27.3. The van der Waals surface area contributed by atoms with Gasteiger partial charge < -0.3 is 20.1 Å². The van der Waals surface area contributed by atoms with Crippen LogP contribution in [0.25, 0.3) is 0 Å². The lowest BCUT2D eigenvalue weighted by Crippen LogP contribution is -2.62. The van der Waals surface area contributed by atoms with Crippen LogP contribution in [-0.2, 0) is 14.9 Å². The maximum atomic E-state index is 12.4. The number of carbonyl (C=O) groups excluding carboxylic acids is 1. The fourth-order valence-corrected chi connectivity index (χ4v) is 10.2. The predicted octanol–water partition coefficient (Wildman–Crippen LogP) is 4.08. The van der Waals surface area contributed by atoms with Crippen LogP contribution in [0.4, 0.5) is 0 Å². The lowest BCUT2D eigenvalue weighted by Gasteiger charge is -2.64. The minimum absolute atomic E-state index is 0.140. The van der Waals surface area contributed by atoms with Crippen LogP contribution in [0.15, 0.2) is 0 Å². The summed E-state index contributed by atoms with van der Waals surface area (Å²) in [5.41, 5.74) is 0.348. The molecule has 37 heavy (non-hydrogen) atoms. The highest BCUT2D eigenvalue weighted by Gasteiger charge is 2.64. The summed E-state index contributed by atoms with van der Waals surface area (Å²) in [7, 11) is -4.40. The van der Waals surface area contributed by atoms with Gasteiger partial charge in [-0.1, -0.05) is 34.1 Å². The van der Waals surface area contributed by atoms with Gasteiger partial charge in [0.15, 0.2) is 0 Å². The molecule has 4 aliphatic carbocycles. The summed E-state index contributed by atoms with van der Waals surface area (Å²) in [6.45, 7) is 10.5. The zero-order valence-electron chi connectivity index (χ0n) is 23.5. The lowest BCUT2D eigenvalue weighted by atomic mass is 9.41. The van der Waals surface area contributed by atoms with Gasteiger partial charge >= 0.3 is 0 Å². The van der Waals surface area contributed by atoms with Gasteiger partial charge in [-0.2, -0.15) is 0 Å². The Kier molecular flexibility index (Phi) is 8.47. The van der Waals surface area contributed by atoms with Crippen molar-refractivity contribution in [2.75, 3.05) is 6.54 Å². The summed E-state index contributed by atoms with van der Waals surface area (Å²) in [5, 5.41) is 23.8. The van der Waals surface area contributed by atoms with Crippen LogP contribution >= 0.6 is 0 Å². The van der Waals surface area contributed by atoms with Crippen LogP contribution in [0.5, 0.6) is 0 Å². The second-order valence-corrected chi connectivity index (χ2v) is 15.5. The maximum Gasteiger partial charge on any atom is 0.220 e. The van der Waals surface area contributed by atoms with Crippen molar-refractivity contribution in [3.8, 4) is 0 Å². The molecule has 0 heterocycles. The average Bonchev–Trinajstić information content (AvgIpc) is 3.19. The quantitative estimate of drug-likeness (QED) is 0.398. The number of rotatable bonds is 8. The van der Waals surface area contributed by atoms with Gasteiger partial charge in [-0.25, -0.2) is 8.42 Å². The Balaban J connectivity index is 1.44. The first-order valence-electron chi connectivity index (χ1n) is 14.8. The van der Waals surface area contributed by atoms with Crippen molar-refractivity contribution in [1.82, 2.24) is 5.32 Å². The maximum absolute atomic E-state index is 12.4. The van der Waals surface area contributed by atoms with E-state index in [1.54, 1.807) is 0 Å². The minimum Gasteiger partial charge on any atom is -0.748 e. The van der Waals surface area contributed by atoms with Crippen LogP contribution in [0.2, 0.25) is 0 Å². The van der Waals surface area contributed by atoms with Crippen molar-refractivity contribution in [1.29, 1.82) is 0 Å². The molecule has 214 valence electrons. The highest BCUT2D eigenvalue weighted by atomic mass is 32.2. The van der Waals surface area contributed by atoms with Gasteiger partial charge in [0.2, 0.25) is 5.91 Å². The summed E-state index contributed by atoms with van der Waals surface area (Å²) >= 11 is 0. The van der Waals surface area contributed by atoms with Gasteiger partial charge in [0, 0.05) is 13.0 Å². The van der Waals surface area contributed by atoms with Gasteiger partial charge in [0.1, 0.15) is 0 Å². The first kappa shape index (κ1) is 29.3. The third-order valence-corrected chi connectivity index (χ3v) is 13.2. The molecule has 4 saturated carbocycles. The van der Waals surface area contributed by atoms with Crippen molar-refractivity contribution in [3.63, 3.8) is 0 Å². The Morgan fingerprint density at radius 2 is 1.68 bits per heavy atom. The summed E-state index contributed by atoms with van der Waals surface area (Å²) in [6, 6.07) is 0. The van der Waals surface area contributed by atoms with Crippen molar-refractivity contribution >= 4 is 16.0 Å². The van der Waals surface area contributed by atoms with Gasteiger partial charge in [0.05, 0.1) is 27.6 Å². The SMILES string of the molecule is CC[C@H]1[C@@H](O)[C@@H]2[C@H](CC[C@]3(C)[C@@H]([C@H](C)CCC(=O)NC[C@H](C)S(=O)(=O)[O-])CC[C@@H]23)[C@@]2(C)CC[C@@H](O)C[C@@H]12. The van der Waals surface area contributed by atoms with E-state index < -0.39 is 15.4 Å². The molecule has 0 bridgehead atoms. The standard InChI is InChI=1S/C29H51NO6S/c1-6-20-24-15-19(31)11-13-29(24,5)23-12-14-28(4)21(8-9-22(28)26(23)27(20)33)17(2)7-10-25(32)30-16-18(3)37(34,35)36/h17-24,26-27,31,33H,6-16H2,1-5H3,(H,30,32)(H,34,35,36)/p-1/t17-,18+,19-,20-,21-,22+,23+,24+,26+,27-,28-,29-/m1/s1. The second kappa shape index (κ2) is 10.7. The largest absolute Gasteiger partial charge is 0.748 e. The van der Waals surface area contributed by atoms with Crippen molar-refractivity contribution in [2.45, 2.75) is 116 Å². The molecule has 4 fully saturated rings. The molecule has 0 aliphatic heterocycles. The smallest absolute Gasteiger partial charge is 0.220 e. The molecule has 8 heteroatoms. The highest BCUT2D eigenvalue weighted by molar-refractivity contribution is 7.86. The number of aliphatic hydroxyl groups is 2. The van der Waals surface area contributed by atoms with Crippen LogP contribution in [0, 0.1) is 52.3 Å². The number of hydrogen-bond donors (Lipinski definition) is 3. The Morgan fingerprint density at radius 3 is 2.32 bits per heavy atom. The number of nitrogens with one attached hydrogen (secondary N) is 1. The molecule has 12 atom stereocenters. The van der Waals surface area contributed by atoms with E-state index in [-0.39, 0.29) is 41.4 Å². The number of amides is 1. The van der Waals surface area contributed by atoms with Crippen LogP contribution in [-0.4, -0.2) is 53.1 Å². The normalized spacial score (nSPS) is 45.3. The summed E-state index contributed by atoms with van der Waals surface area (Å²) < 4.78 is 33.3. The van der Waals surface area contributed by atoms with Crippen LogP contribution in [0.1, 0.15) is 98.8 Å². The second-order valence-electron chi connectivity index (χ2n) is 13.7. The van der Waals surface area contributed by atoms with Gasteiger partial charge in [0.25, 0.3) is 0 Å². The number of hydrogen-bond acceptors (Lipinski definition) is 6. The first-order chi connectivity index (χ1) is 17.2. The fourth-order valence-electron chi connectivity index (χ4n) is 9.94. The molecule has 0 aromatic heterocycles. The predicted molar refractivity (Wildman–Crippen MR) is 142 cm³/mol. The molecule has 3 N–H and O–H groups in total. The molecule has 0 aromatic rings. The van der Waals surface area contributed by atoms with Gasteiger partial charge in [-0.3, -0.25) is 4.79 Å². The average molecular weight is 541 g/mol. The van der Waals surface area contributed by atoms with Crippen molar-refractivity contribution in [2.24, 2.45) is 52.3 Å². The number of carbonyl (C=O) groups is 1. The Morgan fingerprint density at radius 1 is 1.03 bits per heavy atom. The minimum atomic E-state index is -4.40. The molecule has 7 nitrogen and oxygen atoms in total. The van der Waals surface area contributed by atoms with Crippen molar-refractivity contribution in [3.05, 3.63) is 0 Å². The molecule has 4 aliphatic rings. The van der Waals surface area contributed by atoms with E-state index in [9.17, 15) is 28.0 Å². The molecule has 1 amide bonds. The van der Waals surface area contributed by atoms with Gasteiger partial charge in [-0.15, -0.1) is 0 Å². The number of fused-ring (bicyclic) bond motifs is 5. The molecular formula is C29H50NO6S-. The molecule has 0 radical (unpaired) electrons. The van der Waals surface area contributed by atoms with E-state index in [0.717, 1.165) is 57.8 Å². The number of aliphatic hydroxyl groups excluding tert-OH is 2. The molecule has 0 spiro atoms. The van der Waals surface area contributed by atoms with E-state index in [1.807, 2.05) is 0 Å². The van der Waals surface area contributed by atoms with E-state index >= 15 is 0 Å². The molecule has 0 saturated heterocycles. The Labute approximate surface area is 224 Å². The van der Waals surface area contributed by atoms with E-state index in [4.69, 9.17) is 0 Å². The van der Waals surface area contributed by atoms with Crippen molar-refractivity contribution < 1.29 is 28.0 Å². The Hall–Kier alpha value is -0.700. The third kappa shape index (κ3) is 5.26. The molecule has 0 aromatic carbocycles. The molecule has 4 rings (SSSR count). The zero-order valence-corrected chi connectivity index (χ0v) is 24.3.